The van der Waals surface area contributed by atoms with Gasteiger partial charge in [0, 0.05) is 5.02 Å². The van der Waals surface area contributed by atoms with E-state index < -0.39 is 30.5 Å². The van der Waals surface area contributed by atoms with Crippen LogP contribution in [-0.2, 0) is 19.1 Å². The average Bonchev–Trinajstić information content (AvgIpc) is 2.56. The fourth-order valence-electron chi connectivity index (χ4n) is 1.84. The van der Waals surface area contributed by atoms with Crippen LogP contribution in [0.25, 0.3) is 0 Å². The molecule has 0 aliphatic rings. The Hall–Kier alpha value is -2.08. The van der Waals surface area contributed by atoms with Gasteiger partial charge in [0.1, 0.15) is 6.04 Å². The van der Waals surface area contributed by atoms with Gasteiger partial charge in [0.25, 0.3) is 5.91 Å². The van der Waals surface area contributed by atoms with E-state index in [9.17, 15) is 14.4 Å². The molecule has 1 aromatic rings. The lowest BCUT2D eigenvalue weighted by Gasteiger charge is -2.21. The third-order valence-electron chi connectivity index (χ3n) is 3.38. The Kier molecular flexibility index (Phi) is 7.54. The number of amides is 1. The van der Waals surface area contributed by atoms with Crippen molar-refractivity contribution in [1.29, 1.82) is 0 Å². The SMILES string of the molecule is CC[C@@H](C)[C@@H](NC(=O)COC(=O)c1cccc(Cl)c1)C(=O)OC. The molecule has 7 heteroatoms. The summed E-state index contributed by atoms with van der Waals surface area (Å²) >= 11 is 5.78. The third kappa shape index (κ3) is 5.90. The minimum absolute atomic E-state index is 0.102. The largest absolute Gasteiger partial charge is 0.467 e. The molecule has 0 aromatic heterocycles. The van der Waals surface area contributed by atoms with E-state index in [1.165, 1.54) is 19.2 Å². The molecule has 0 spiro atoms. The minimum Gasteiger partial charge on any atom is -0.467 e. The fraction of sp³-hybridized carbons (Fsp3) is 0.438. The van der Waals surface area contributed by atoms with Crippen LogP contribution in [0.15, 0.2) is 24.3 Å². The zero-order valence-electron chi connectivity index (χ0n) is 13.3. The lowest BCUT2D eigenvalue weighted by atomic mass is 9.99. The molecule has 0 saturated heterocycles. The smallest absolute Gasteiger partial charge is 0.338 e. The Balaban J connectivity index is 2.58. The van der Waals surface area contributed by atoms with Crippen LogP contribution in [-0.4, -0.2) is 37.6 Å². The Morgan fingerprint density at radius 1 is 1.30 bits per heavy atom. The van der Waals surface area contributed by atoms with Crippen LogP contribution >= 0.6 is 11.6 Å². The third-order valence-corrected chi connectivity index (χ3v) is 3.61. The van der Waals surface area contributed by atoms with Gasteiger partial charge in [-0.3, -0.25) is 4.79 Å². The first kappa shape index (κ1) is 19.0. The number of rotatable bonds is 7. The molecule has 0 aliphatic carbocycles. The molecule has 2 atom stereocenters. The zero-order chi connectivity index (χ0) is 17.4. The van der Waals surface area contributed by atoms with E-state index in [0.717, 1.165) is 0 Å². The quantitative estimate of drug-likeness (QED) is 0.769. The summed E-state index contributed by atoms with van der Waals surface area (Å²) in [4.78, 5) is 35.4. The number of esters is 2. The summed E-state index contributed by atoms with van der Waals surface area (Å²) in [6, 6.07) is 5.43. The molecule has 0 fully saturated rings. The van der Waals surface area contributed by atoms with Crippen molar-refractivity contribution in [2.75, 3.05) is 13.7 Å². The van der Waals surface area contributed by atoms with Gasteiger partial charge in [-0.25, -0.2) is 9.59 Å². The van der Waals surface area contributed by atoms with E-state index in [2.05, 4.69) is 10.1 Å². The maximum atomic E-state index is 11.9. The predicted molar refractivity (Wildman–Crippen MR) is 85.1 cm³/mol. The second-order valence-corrected chi connectivity index (χ2v) is 5.48. The summed E-state index contributed by atoms with van der Waals surface area (Å²) in [6.07, 6.45) is 0.683. The van der Waals surface area contributed by atoms with Crippen LogP contribution in [0.5, 0.6) is 0 Å². The second kappa shape index (κ2) is 9.15. The van der Waals surface area contributed by atoms with Gasteiger partial charge >= 0.3 is 11.9 Å². The summed E-state index contributed by atoms with van der Waals surface area (Å²) in [5.41, 5.74) is 0.247. The van der Waals surface area contributed by atoms with Gasteiger partial charge in [-0.1, -0.05) is 37.9 Å². The van der Waals surface area contributed by atoms with Crippen LogP contribution in [0.3, 0.4) is 0 Å². The van der Waals surface area contributed by atoms with E-state index in [1.807, 2.05) is 13.8 Å². The summed E-state index contributed by atoms with van der Waals surface area (Å²) in [6.45, 7) is 3.22. The number of benzene rings is 1. The highest BCUT2D eigenvalue weighted by molar-refractivity contribution is 6.30. The van der Waals surface area contributed by atoms with Crippen molar-refractivity contribution < 1.29 is 23.9 Å². The molecule has 1 N–H and O–H groups in total. The van der Waals surface area contributed by atoms with Crippen molar-refractivity contribution >= 4 is 29.4 Å². The second-order valence-electron chi connectivity index (χ2n) is 5.04. The normalized spacial score (nSPS) is 12.9. The maximum Gasteiger partial charge on any atom is 0.338 e. The van der Waals surface area contributed by atoms with E-state index in [0.29, 0.717) is 11.4 Å². The van der Waals surface area contributed by atoms with Crippen LogP contribution in [0.2, 0.25) is 5.02 Å². The Bertz CT molecular complexity index is 575. The van der Waals surface area contributed by atoms with Crippen LogP contribution in [0.1, 0.15) is 30.6 Å². The Morgan fingerprint density at radius 2 is 2.00 bits per heavy atom. The first-order valence-corrected chi connectivity index (χ1v) is 7.56. The standard InChI is InChI=1S/C16H20ClNO5/c1-4-10(2)14(16(21)22-3)18-13(19)9-23-15(20)11-6-5-7-12(17)8-11/h5-8,10,14H,4,9H2,1-3H3,(H,18,19)/t10-,14-/m1/s1. The number of hydrogen-bond donors (Lipinski definition) is 1. The van der Waals surface area contributed by atoms with Gasteiger partial charge in [-0.15, -0.1) is 0 Å². The van der Waals surface area contributed by atoms with E-state index >= 15 is 0 Å². The van der Waals surface area contributed by atoms with Gasteiger partial charge in [-0.05, 0) is 24.1 Å². The predicted octanol–water partition coefficient (Wildman–Crippen LogP) is 2.20. The molecule has 0 heterocycles. The molecule has 1 aromatic carbocycles. The molecular formula is C16H20ClNO5. The number of methoxy groups -OCH3 is 1. The number of ether oxygens (including phenoxy) is 2. The number of nitrogens with one attached hydrogen (secondary N) is 1. The molecule has 0 unspecified atom stereocenters. The molecular weight excluding hydrogens is 322 g/mol. The molecule has 1 rings (SSSR count). The van der Waals surface area contributed by atoms with E-state index in [1.54, 1.807) is 12.1 Å². The van der Waals surface area contributed by atoms with Crippen molar-refractivity contribution in [2.24, 2.45) is 5.92 Å². The molecule has 6 nitrogen and oxygen atoms in total. The van der Waals surface area contributed by atoms with Crippen molar-refractivity contribution in [3.05, 3.63) is 34.9 Å². The molecule has 0 saturated carbocycles. The monoisotopic (exact) mass is 341 g/mol. The highest BCUT2D eigenvalue weighted by atomic mass is 35.5. The zero-order valence-corrected chi connectivity index (χ0v) is 14.1. The topological polar surface area (TPSA) is 81.7 Å². The van der Waals surface area contributed by atoms with E-state index in [-0.39, 0.29) is 11.5 Å². The molecule has 0 aliphatic heterocycles. The van der Waals surface area contributed by atoms with Gasteiger partial charge in [0.05, 0.1) is 12.7 Å². The molecule has 23 heavy (non-hydrogen) atoms. The lowest BCUT2D eigenvalue weighted by Crippen LogP contribution is -2.47. The maximum absolute atomic E-state index is 11.9. The van der Waals surface area contributed by atoms with Crippen LogP contribution in [0, 0.1) is 5.92 Å². The Labute approximate surface area is 140 Å². The van der Waals surface area contributed by atoms with E-state index in [4.69, 9.17) is 16.3 Å². The summed E-state index contributed by atoms with van der Waals surface area (Å²) in [7, 11) is 1.25. The summed E-state index contributed by atoms with van der Waals surface area (Å²) in [5.74, 6) is -1.87. The first-order chi connectivity index (χ1) is 10.9. The van der Waals surface area contributed by atoms with Gasteiger partial charge in [-0.2, -0.15) is 0 Å². The van der Waals surface area contributed by atoms with Crippen molar-refractivity contribution in [2.45, 2.75) is 26.3 Å². The molecule has 0 bridgehead atoms. The molecule has 1 amide bonds. The van der Waals surface area contributed by atoms with Gasteiger partial charge in [0.15, 0.2) is 6.61 Å². The average molecular weight is 342 g/mol. The molecule has 0 radical (unpaired) electrons. The van der Waals surface area contributed by atoms with Crippen molar-refractivity contribution in [3.8, 4) is 0 Å². The number of hydrogen-bond acceptors (Lipinski definition) is 5. The minimum atomic E-state index is -0.776. The van der Waals surface area contributed by atoms with Crippen LogP contribution in [0.4, 0.5) is 0 Å². The van der Waals surface area contributed by atoms with Crippen molar-refractivity contribution in [3.63, 3.8) is 0 Å². The highest BCUT2D eigenvalue weighted by Crippen LogP contribution is 2.12. The number of halogens is 1. The summed E-state index contributed by atoms with van der Waals surface area (Å²) < 4.78 is 9.58. The number of carbonyl (C=O) groups is 3. The Morgan fingerprint density at radius 3 is 2.57 bits per heavy atom. The highest BCUT2D eigenvalue weighted by Gasteiger charge is 2.27. The van der Waals surface area contributed by atoms with Gasteiger partial charge < -0.3 is 14.8 Å². The first-order valence-electron chi connectivity index (χ1n) is 7.18. The molecule has 126 valence electrons. The fourth-order valence-corrected chi connectivity index (χ4v) is 2.03. The number of carbonyl (C=O) groups excluding carboxylic acids is 3. The summed E-state index contributed by atoms with van der Waals surface area (Å²) in [5, 5.41) is 2.91. The van der Waals surface area contributed by atoms with Crippen molar-refractivity contribution in [1.82, 2.24) is 5.32 Å². The van der Waals surface area contributed by atoms with Gasteiger partial charge in [0.2, 0.25) is 0 Å². The lowest BCUT2D eigenvalue weighted by molar-refractivity contribution is -0.147. The van der Waals surface area contributed by atoms with Crippen LogP contribution < -0.4 is 5.32 Å².